The van der Waals surface area contributed by atoms with Crippen LogP contribution in [-0.2, 0) is 20.7 Å². The Labute approximate surface area is 207 Å². The van der Waals surface area contributed by atoms with Crippen LogP contribution in [0.3, 0.4) is 0 Å². The number of fused-ring (bicyclic) bond motifs is 1. The van der Waals surface area contributed by atoms with Crippen LogP contribution in [0, 0.1) is 5.92 Å². The molecule has 2 aromatic rings. The molecule has 1 aliphatic rings. The fraction of sp³-hybridized carbons (Fsp3) is 0.556. The molecule has 0 radical (unpaired) electrons. The van der Waals surface area contributed by atoms with E-state index in [2.05, 4.69) is 51.3 Å². The molecule has 0 aliphatic carbocycles. The highest BCUT2D eigenvalue weighted by Crippen LogP contribution is 2.34. The predicted molar refractivity (Wildman–Crippen MR) is 136 cm³/mol. The molecule has 0 unspecified atom stereocenters. The molecule has 3 rings (SSSR count). The molecule has 186 valence electrons. The molecule has 2 amide bonds. The van der Waals surface area contributed by atoms with E-state index < -0.39 is 0 Å². The Morgan fingerprint density at radius 1 is 1.18 bits per heavy atom. The van der Waals surface area contributed by atoms with E-state index >= 15 is 0 Å². The first-order chi connectivity index (χ1) is 16.3. The van der Waals surface area contributed by atoms with Crippen molar-refractivity contribution in [3.05, 3.63) is 51.7 Å². The first kappa shape index (κ1) is 26.2. The number of amides is 2. The standard InChI is InChI=1S/C27H38N2O4S/c1-6-20(4)15-28(27(31)18-32-5)16-26(30)29-13-11-25-23(12-14-34-25)24(29)17-33-22-9-7-21(8-10-22)19(2)3/h7-10,12,14,19-20,24H,6,11,13,15-18H2,1-5H3/t20-,24-/m1/s1. The van der Waals surface area contributed by atoms with Gasteiger partial charge in [-0.2, -0.15) is 0 Å². The number of hydrogen-bond donors (Lipinski definition) is 0. The Bertz CT molecular complexity index is 940. The summed E-state index contributed by atoms with van der Waals surface area (Å²) >= 11 is 1.73. The van der Waals surface area contributed by atoms with Crippen LogP contribution in [0.5, 0.6) is 5.75 Å². The number of thiophene rings is 1. The van der Waals surface area contributed by atoms with Gasteiger partial charge < -0.3 is 19.3 Å². The van der Waals surface area contributed by atoms with Crippen LogP contribution in [0.25, 0.3) is 0 Å². The number of methoxy groups -OCH3 is 1. The van der Waals surface area contributed by atoms with Crippen LogP contribution in [0.4, 0.5) is 0 Å². The van der Waals surface area contributed by atoms with Crippen molar-refractivity contribution in [2.75, 3.05) is 40.0 Å². The van der Waals surface area contributed by atoms with E-state index in [0.29, 0.717) is 31.5 Å². The topological polar surface area (TPSA) is 59.1 Å². The fourth-order valence-corrected chi connectivity index (χ4v) is 5.16. The SMILES string of the molecule is CC[C@@H](C)CN(CC(=O)N1CCc2sccc2[C@H]1COc1ccc(C(C)C)cc1)C(=O)COC. The lowest BCUT2D eigenvalue weighted by atomic mass is 10.00. The summed E-state index contributed by atoms with van der Waals surface area (Å²) < 4.78 is 11.2. The molecule has 0 saturated heterocycles. The predicted octanol–water partition coefficient (Wildman–Crippen LogP) is 4.90. The van der Waals surface area contributed by atoms with E-state index in [9.17, 15) is 9.59 Å². The molecule has 2 heterocycles. The van der Waals surface area contributed by atoms with Gasteiger partial charge in [-0.25, -0.2) is 0 Å². The van der Waals surface area contributed by atoms with Crippen LogP contribution < -0.4 is 4.74 Å². The third-order valence-corrected chi connectivity index (χ3v) is 7.54. The smallest absolute Gasteiger partial charge is 0.249 e. The number of carbonyl (C=O) groups excluding carboxylic acids is 2. The molecule has 0 fully saturated rings. The summed E-state index contributed by atoms with van der Waals surface area (Å²) in [5.41, 5.74) is 2.42. The summed E-state index contributed by atoms with van der Waals surface area (Å²) in [6.45, 7) is 10.1. The van der Waals surface area contributed by atoms with Gasteiger partial charge in [-0.3, -0.25) is 9.59 Å². The average molecular weight is 487 g/mol. The molecule has 0 spiro atoms. The van der Waals surface area contributed by atoms with Gasteiger partial charge in [0.2, 0.25) is 11.8 Å². The number of carbonyl (C=O) groups is 2. The van der Waals surface area contributed by atoms with Gasteiger partial charge >= 0.3 is 0 Å². The summed E-state index contributed by atoms with van der Waals surface area (Å²) in [6.07, 6.45) is 1.77. The van der Waals surface area contributed by atoms with Gasteiger partial charge in [-0.15, -0.1) is 11.3 Å². The zero-order chi connectivity index (χ0) is 24.7. The van der Waals surface area contributed by atoms with Gasteiger partial charge in [0, 0.05) is 25.1 Å². The number of rotatable bonds is 11. The minimum Gasteiger partial charge on any atom is -0.491 e. The van der Waals surface area contributed by atoms with Gasteiger partial charge in [-0.1, -0.05) is 46.2 Å². The second kappa shape index (κ2) is 12.4. The fourth-order valence-electron chi connectivity index (χ4n) is 4.23. The second-order valence-electron chi connectivity index (χ2n) is 9.41. The minimum absolute atomic E-state index is 0.0166. The number of ether oxygens (including phenoxy) is 2. The van der Waals surface area contributed by atoms with E-state index in [4.69, 9.17) is 9.47 Å². The molecule has 2 atom stereocenters. The summed E-state index contributed by atoms with van der Waals surface area (Å²) in [5, 5.41) is 2.08. The Morgan fingerprint density at radius 2 is 1.91 bits per heavy atom. The number of hydrogen-bond acceptors (Lipinski definition) is 5. The van der Waals surface area contributed by atoms with Crippen LogP contribution in [0.15, 0.2) is 35.7 Å². The summed E-state index contributed by atoms with van der Waals surface area (Å²) in [6, 6.07) is 10.1. The van der Waals surface area contributed by atoms with Crippen molar-refractivity contribution in [2.24, 2.45) is 5.92 Å². The van der Waals surface area contributed by atoms with Crippen LogP contribution in [0.2, 0.25) is 0 Å². The zero-order valence-electron chi connectivity index (χ0n) is 21.1. The van der Waals surface area contributed by atoms with E-state index in [0.717, 1.165) is 24.2 Å². The minimum atomic E-state index is -0.171. The normalized spacial score (nSPS) is 16.3. The van der Waals surface area contributed by atoms with Crippen molar-refractivity contribution in [1.29, 1.82) is 0 Å². The summed E-state index contributed by atoms with van der Waals surface area (Å²) in [4.78, 5) is 31.0. The van der Waals surface area contributed by atoms with Crippen LogP contribution in [0.1, 0.15) is 62.1 Å². The van der Waals surface area contributed by atoms with Crippen molar-refractivity contribution in [1.82, 2.24) is 9.80 Å². The first-order valence-electron chi connectivity index (χ1n) is 12.2. The number of nitrogens with zero attached hydrogens (tertiary/aromatic N) is 2. The molecule has 1 aromatic carbocycles. The van der Waals surface area contributed by atoms with Crippen molar-refractivity contribution >= 4 is 23.2 Å². The highest BCUT2D eigenvalue weighted by Gasteiger charge is 2.33. The molecule has 0 saturated carbocycles. The van der Waals surface area contributed by atoms with Gasteiger partial charge in [-0.05, 0) is 53.0 Å². The molecule has 0 bridgehead atoms. The molecular weight excluding hydrogens is 448 g/mol. The quantitative estimate of drug-likeness (QED) is 0.453. The monoisotopic (exact) mass is 486 g/mol. The van der Waals surface area contributed by atoms with Crippen molar-refractivity contribution < 1.29 is 19.1 Å². The summed E-state index contributed by atoms with van der Waals surface area (Å²) in [7, 11) is 1.50. The van der Waals surface area contributed by atoms with Gasteiger partial charge in [0.1, 0.15) is 19.0 Å². The van der Waals surface area contributed by atoms with E-state index in [1.807, 2.05) is 17.0 Å². The van der Waals surface area contributed by atoms with Crippen LogP contribution in [-0.4, -0.2) is 61.6 Å². The van der Waals surface area contributed by atoms with Crippen molar-refractivity contribution in [3.63, 3.8) is 0 Å². The van der Waals surface area contributed by atoms with E-state index in [1.165, 1.54) is 17.6 Å². The van der Waals surface area contributed by atoms with E-state index in [1.54, 1.807) is 16.2 Å². The zero-order valence-corrected chi connectivity index (χ0v) is 21.9. The van der Waals surface area contributed by atoms with Gasteiger partial charge in [0.05, 0.1) is 12.6 Å². The molecule has 1 aliphatic heterocycles. The lowest BCUT2D eigenvalue weighted by Crippen LogP contribution is -2.49. The first-order valence-corrected chi connectivity index (χ1v) is 13.1. The Kier molecular flexibility index (Phi) is 9.54. The Hall–Kier alpha value is -2.38. The maximum absolute atomic E-state index is 13.5. The molecule has 0 N–H and O–H groups in total. The van der Waals surface area contributed by atoms with Crippen molar-refractivity contribution in [3.8, 4) is 5.75 Å². The second-order valence-corrected chi connectivity index (χ2v) is 10.4. The molecule has 34 heavy (non-hydrogen) atoms. The number of benzene rings is 1. The molecule has 1 aromatic heterocycles. The average Bonchev–Trinajstić information content (AvgIpc) is 3.31. The molecular formula is C27H38N2O4S. The molecule has 7 heteroatoms. The van der Waals surface area contributed by atoms with Crippen LogP contribution >= 0.6 is 11.3 Å². The van der Waals surface area contributed by atoms with Gasteiger partial charge in [0.15, 0.2) is 0 Å². The van der Waals surface area contributed by atoms with E-state index in [-0.39, 0.29) is 31.0 Å². The largest absolute Gasteiger partial charge is 0.491 e. The third-order valence-electron chi connectivity index (χ3n) is 6.55. The maximum atomic E-state index is 13.5. The molecule has 6 nitrogen and oxygen atoms in total. The summed E-state index contributed by atoms with van der Waals surface area (Å²) in [5.74, 6) is 1.38. The van der Waals surface area contributed by atoms with Crippen molar-refractivity contribution in [2.45, 2.75) is 52.5 Å². The lowest BCUT2D eigenvalue weighted by Gasteiger charge is -2.37. The Balaban J connectivity index is 1.75. The highest BCUT2D eigenvalue weighted by molar-refractivity contribution is 7.10. The Morgan fingerprint density at radius 3 is 2.56 bits per heavy atom. The highest BCUT2D eigenvalue weighted by atomic mass is 32.1. The lowest BCUT2D eigenvalue weighted by molar-refractivity contribution is -0.145. The van der Waals surface area contributed by atoms with Gasteiger partial charge in [0.25, 0.3) is 0 Å². The third kappa shape index (κ3) is 6.60. The maximum Gasteiger partial charge on any atom is 0.249 e.